The first kappa shape index (κ1) is 16.2. The van der Waals surface area contributed by atoms with Gasteiger partial charge in [-0.05, 0) is 42.2 Å². The van der Waals surface area contributed by atoms with Gasteiger partial charge in [-0.3, -0.25) is 0 Å². The van der Waals surface area contributed by atoms with Gasteiger partial charge in [0.15, 0.2) is 11.5 Å². The van der Waals surface area contributed by atoms with Gasteiger partial charge in [0.1, 0.15) is 0 Å². The average Bonchev–Trinajstić information content (AvgIpc) is 2.49. The molecule has 0 amide bonds. The molecule has 0 heterocycles. The third-order valence-electron chi connectivity index (χ3n) is 3.50. The van der Waals surface area contributed by atoms with E-state index in [9.17, 15) is 0 Å². The lowest BCUT2D eigenvalue weighted by Gasteiger charge is -2.16. The van der Waals surface area contributed by atoms with Crippen molar-refractivity contribution in [1.82, 2.24) is 0 Å². The van der Waals surface area contributed by atoms with E-state index in [1.165, 1.54) is 11.1 Å². The third-order valence-corrected chi connectivity index (χ3v) is 4.58. The largest absolute Gasteiger partial charge is 0.493 e. The number of rotatable bonds is 5. The van der Waals surface area contributed by atoms with E-state index in [2.05, 4.69) is 35.0 Å². The van der Waals surface area contributed by atoms with Crippen LogP contribution < -0.4 is 9.47 Å². The summed E-state index contributed by atoms with van der Waals surface area (Å²) >= 11 is 10.2. The predicted molar refractivity (Wildman–Crippen MR) is 90.7 cm³/mol. The molecule has 2 nitrogen and oxygen atoms in total. The van der Waals surface area contributed by atoms with E-state index < -0.39 is 0 Å². The number of aryl methyl sites for hydroxylation is 1. The number of benzene rings is 2. The minimum absolute atomic E-state index is 0.139. The first-order chi connectivity index (χ1) is 10.1. The van der Waals surface area contributed by atoms with E-state index in [-0.39, 0.29) is 5.38 Å². The zero-order chi connectivity index (χ0) is 15.4. The second-order valence-electron chi connectivity index (χ2n) is 4.83. The summed E-state index contributed by atoms with van der Waals surface area (Å²) in [5.41, 5.74) is 3.50. The minimum Gasteiger partial charge on any atom is -0.493 e. The summed E-state index contributed by atoms with van der Waals surface area (Å²) in [6.45, 7) is 2.10. The topological polar surface area (TPSA) is 18.5 Å². The molecule has 0 bridgehead atoms. The van der Waals surface area contributed by atoms with Crippen molar-refractivity contribution in [2.45, 2.75) is 18.7 Å². The molecule has 21 heavy (non-hydrogen) atoms. The molecule has 0 saturated heterocycles. The lowest BCUT2D eigenvalue weighted by atomic mass is 10.00. The second kappa shape index (κ2) is 7.19. The molecule has 2 aromatic rings. The van der Waals surface area contributed by atoms with Gasteiger partial charge in [-0.15, -0.1) is 11.6 Å². The zero-order valence-electron chi connectivity index (χ0n) is 12.3. The fraction of sp³-hybridized carbons (Fsp3) is 0.294. The molecular formula is C17H18BrClO2. The maximum Gasteiger partial charge on any atom is 0.161 e. The Bertz CT molecular complexity index is 628. The van der Waals surface area contributed by atoms with E-state index in [1.54, 1.807) is 14.2 Å². The summed E-state index contributed by atoms with van der Waals surface area (Å²) in [6.07, 6.45) is 0.766. The van der Waals surface area contributed by atoms with Gasteiger partial charge in [-0.25, -0.2) is 0 Å². The second-order valence-corrected chi connectivity index (χ2v) is 6.21. The Hall–Kier alpha value is -1.19. The van der Waals surface area contributed by atoms with E-state index in [0.717, 1.165) is 16.5 Å². The highest BCUT2D eigenvalue weighted by Gasteiger charge is 2.17. The number of hydrogen-bond acceptors (Lipinski definition) is 2. The summed E-state index contributed by atoms with van der Waals surface area (Å²) in [6, 6.07) is 12.1. The number of hydrogen-bond donors (Lipinski definition) is 0. The lowest BCUT2D eigenvalue weighted by Crippen LogP contribution is -2.01. The number of methoxy groups -OCH3 is 2. The molecule has 0 aliphatic heterocycles. The fourth-order valence-electron chi connectivity index (χ4n) is 2.25. The van der Waals surface area contributed by atoms with Crippen molar-refractivity contribution in [3.63, 3.8) is 0 Å². The molecule has 0 N–H and O–H groups in total. The Morgan fingerprint density at radius 1 is 1.10 bits per heavy atom. The van der Waals surface area contributed by atoms with Gasteiger partial charge in [-0.1, -0.05) is 40.2 Å². The molecule has 0 aliphatic carbocycles. The summed E-state index contributed by atoms with van der Waals surface area (Å²) in [4.78, 5) is 0. The van der Waals surface area contributed by atoms with Crippen LogP contribution in [0.4, 0.5) is 0 Å². The highest BCUT2D eigenvalue weighted by Crippen LogP contribution is 2.39. The Labute approximate surface area is 139 Å². The van der Waals surface area contributed by atoms with Crippen molar-refractivity contribution in [2.24, 2.45) is 0 Å². The van der Waals surface area contributed by atoms with E-state index in [0.29, 0.717) is 11.5 Å². The Morgan fingerprint density at radius 2 is 1.71 bits per heavy atom. The molecule has 0 spiro atoms. The quantitative estimate of drug-likeness (QED) is 0.666. The zero-order valence-corrected chi connectivity index (χ0v) is 14.7. The summed E-state index contributed by atoms with van der Waals surface area (Å²) in [5, 5.41) is -0.139. The van der Waals surface area contributed by atoms with Crippen LogP contribution in [-0.2, 0) is 6.42 Å². The van der Waals surface area contributed by atoms with Crippen LogP contribution in [-0.4, -0.2) is 14.2 Å². The van der Waals surface area contributed by atoms with Gasteiger partial charge >= 0.3 is 0 Å². The van der Waals surface area contributed by atoms with Crippen LogP contribution in [0.25, 0.3) is 0 Å². The molecule has 2 aromatic carbocycles. The molecule has 1 atom stereocenters. The lowest BCUT2D eigenvalue weighted by molar-refractivity contribution is 0.354. The standard InChI is InChI=1S/C17H18BrClO2/c1-11-6-4-5-7-12(11)8-15(19)13-9-16(20-2)17(21-3)10-14(13)18/h4-7,9-10,15H,8H2,1-3H3. The van der Waals surface area contributed by atoms with Crippen LogP contribution in [0.15, 0.2) is 40.9 Å². The smallest absolute Gasteiger partial charge is 0.161 e. The molecule has 0 aliphatic rings. The summed E-state index contributed by atoms with van der Waals surface area (Å²) in [5.74, 6) is 1.37. The van der Waals surface area contributed by atoms with Gasteiger partial charge in [0.2, 0.25) is 0 Å². The molecule has 112 valence electrons. The van der Waals surface area contributed by atoms with Gasteiger partial charge in [0.25, 0.3) is 0 Å². The monoisotopic (exact) mass is 368 g/mol. The van der Waals surface area contributed by atoms with Crippen molar-refractivity contribution >= 4 is 27.5 Å². The molecule has 0 fully saturated rings. The normalized spacial score (nSPS) is 12.0. The Balaban J connectivity index is 2.31. The van der Waals surface area contributed by atoms with Crippen LogP contribution in [0, 0.1) is 6.92 Å². The Kier molecular flexibility index (Phi) is 5.54. The molecule has 2 rings (SSSR count). The van der Waals surface area contributed by atoms with Gasteiger partial charge in [0.05, 0.1) is 19.6 Å². The van der Waals surface area contributed by atoms with E-state index >= 15 is 0 Å². The van der Waals surface area contributed by atoms with Crippen molar-refractivity contribution in [3.05, 3.63) is 57.6 Å². The SMILES string of the molecule is COc1cc(Br)c(C(Cl)Cc2ccccc2C)cc1OC. The van der Waals surface area contributed by atoms with Crippen LogP contribution in [0.5, 0.6) is 11.5 Å². The highest BCUT2D eigenvalue weighted by atomic mass is 79.9. The van der Waals surface area contributed by atoms with Gasteiger partial charge in [-0.2, -0.15) is 0 Å². The van der Waals surface area contributed by atoms with E-state index in [4.69, 9.17) is 21.1 Å². The average molecular weight is 370 g/mol. The van der Waals surface area contributed by atoms with Crippen LogP contribution in [0.1, 0.15) is 22.1 Å². The maximum atomic E-state index is 6.62. The third kappa shape index (κ3) is 3.72. The summed E-state index contributed by atoms with van der Waals surface area (Å²) in [7, 11) is 3.25. The van der Waals surface area contributed by atoms with Crippen LogP contribution >= 0.6 is 27.5 Å². The number of alkyl halides is 1. The highest BCUT2D eigenvalue weighted by molar-refractivity contribution is 9.10. The van der Waals surface area contributed by atoms with Gasteiger partial charge in [0, 0.05) is 4.47 Å². The number of halogens is 2. The molecule has 4 heteroatoms. The van der Waals surface area contributed by atoms with Crippen molar-refractivity contribution in [1.29, 1.82) is 0 Å². The van der Waals surface area contributed by atoms with Crippen LogP contribution in [0.3, 0.4) is 0 Å². The molecule has 1 unspecified atom stereocenters. The fourth-order valence-corrected chi connectivity index (χ4v) is 3.33. The minimum atomic E-state index is -0.139. The first-order valence-electron chi connectivity index (χ1n) is 6.66. The molecule has 0 saturated carbocycles. The van der Waals surface area contributed by atoms with Crippen molar-refractivity contribution in [3.8, 4) is 11.5 Å². The summed E-state index contributed by atoms with van der Waals surface area (Å²) < 4.78 is 11.6. The molecule has 0 aromatic heterocycles. The van der Waals surface area contributed by atoms with Crippen molar-refractivity contribution in [2.75, 3.05) is 14.2 Å². The maximum absolute atomic E-state index is 6.62. The van der Waals surface area contributed by atoms with Gasteiger partial charge < -0.3 is 9.47 Å². The predicted octanol–water partition coefficient (Wildman–Crippen LogP) is 5.30. The molecular weight excluding hydrogens is 352 g/mol. The number of ether oxygens (including phenoxy) is 2. The van der Waals surface area contributed by atoms with Crippen molar-refractivity contribution < 1.29 is 9.47 Å². The molecule has 0 radical (unpaired) electrons. The Morgan fingerprint density at radius 3 is 2.33 bits per heavy atom. The van der Waals surface area contributed by atoms with E-state index in [1.807, 2.05) is 24.3 Å². The first-order valence-corrected chi connectivity index (χ1v) is 7.89. The van der Waals surface area contributed by atoms with Crippen LogP contribution in [0.2, 0.25) is 0 Å².